The number of nitrogens with zero attached hydrogens (tertiary/aromatic N) is 3. The molecule has 0 bridgehead atoms. The highest BCUT2D eigenvalue weighted by Crippen LogP contribution is 2.47. The topological polar surface area (TPSA) is 138 Å². The van der Waals surface area contributed by atoms with Crippen LogP contribution in [-0.2, 0) is 21.5 Å². The summed E-state index contributed by atoms with van der Waals surface area (Å²) in [6.07, 6.45) is -2.00. The van der Waals surface area contributed by atoms with Gasteiger partial charge in [0.2, 0.25) is 5.88 Å². The molecule has 0 radical (unpaired) electrons. The van der Waals surface area contributed by atoms with Crippen LogP contribution >= 0.6 is 0 Å². The number of aromatic nitrogens is 3. The van der Waals surface area contributed by atoms with Crippen LogP contribution in [0.1, 0.15) is 45.6 Å². The first-order valence-electron chi connectivity index (χ1n) is 10.8. The monoisotopic (exact) mass is 539 g/mol. The van der Waals surface area contributed by atoms with Crippen LogP contribution in [-0.4, -0.2) is 36.7 Å². The summed E-state index contributed by atoms with van der Waals surface area (Å²) in [5.41, 5.74) is -4.12. The number of pyridine rings is 1. The molecule has 1 atom stereocenters. The molecule has 1 aliphatic rings. The Bertz CT molecular complexity index is 1520. The van der Waals surface area contributed by atoms with Crippen LogP contribution in [0, 0.1) is 24.4 Å². The number of anilines is 1. The standard InChI is InChI=1S/C23H21F4N5O4S/c1-11-16(19(33)30-13-5-4-6-14(9-13)37(3,28)35)21(32-31-18(11)23(25,26)27)36-20-12(2)17(24)15(10-29-20)22(34)7-8-22/h4-6,9-10,28,34H,7-8H2,1-3H3,(H,30,33). The third-order valence-corrected chi connectivity index (χ3v) is 6.99. The van der Waals surface area contributed by atoms with Crippen LogP contribution in [0.25, 0.3) is 0 Å². The maximum atomic E-state index is 14.9. The number of hydrogen-bond acceptors (Lipinski definition) is 8. The van der Waals surface area contributed by atoms with Crippen molar-refractivity contribution in [1.29, 1.82) is 4.78 Å². The summed E-state index contributed by atoms with van der Waals surface area (Å²) in [6.45, 7) is 2.30. The molecule has 1 fully saturated rings. The predicted octanol–water partition coefficient (Wildman–Crippen LogP) is 4.71. The van der Waals surface area contributed by atoms with Gasteiger partial charge in [0.25, 0.3) is 11.8 Å². The largest absolute Gasteiger partial charge is 0.435 e. The van der Waals surface area contributed by atoms with Crippen LogP contribution in [0.5, 0.6) is 11.8 Å². The molecule has 1 aromatic carbocycles. The summed E-state index contributed by atoms with van der Waals surface area (Å²) in [5.74, 6) is -2.91. The molecule has 2 heterocycles. The number of rotatable bonds is 6. The summed E-state index contributed by atoms with van der Waals surface area (Å²) >= 11 is 0. The van der Waals surface area contributed by atoms with Crippen molar-refractivity contribution in [2.24, 2.45) is 0 Å². The number of carbonyl (C=O) groups excluding carboxylic acids is 1. The van der Waals surface area contributed by atoms with E-state index in [9.17, 15) is 31.7 Å². The minimum Gasteiger partial charge on any atom is -0.418 e. The molecule has 0 aliphatic heterocycles. The molecular formula is C23H21F4N5O4S. The summed E-state index contributed by atoms with van der Waals surface area (Å²) in [7, 11) is -3.14. The predicted molar refractivity (Wildman–Crippen MR) is 123 cm³/mol. The van der Waals surface area contributed by atoms with Crippen molar-refractivity contribution >= 4 is 21.3 Å². The highest BCUT2D eigenvalue weighted by Gasteiger charge is 2.45. The first kappa shape index (κ1) is 26.4. The average Bonchev–Trinajstić information content (AvgIpc) is 3.53. The van der Waals surface area contributed by atoms with Crippen LogP contribution in [0.2, 0.25) is 0 Å². The van der Waals surface area contributed by atoms with Gasteiger partial charge in [-0.25, -0.2) is 18.4 Å². The van der Waals surface area contributed by atoms with Crippen molar-refractivity contribution in [3.8, 4) is 11.8 Å². The van der Waals surface area contributed by atoms with Gasteiger partial charge in [-0.1, -0.05) is 6.07 Å². The Kier molecular flexibility index (Phi) is 6.44. The summed E-state index contributed by atoms with van der Waals surface area (Å²) < 4.78 is 80.7. The zero-order chi connectivity index (χ0) is 27.3. The number of halogens is 4. The van der Waals surface area contributed by atoms with Crippen molar-refractivity contribution in [2.45, 2.75) is 43.4 Å². The van der Waals surface area contributed by atoms with Crippen molar-refractivity contribution < 1.29 is 36.4 Å². The van der Waals surface area contributed by atoms with Gasteiger partial charge < -0.3 is 15.2 Å². The van der Waals surface area contributed by atoms with E-state index in [0.717, 1.165) is 13.1 Å². The first-order valence-corrected chi connectivity index (χ1v) is 12.7. The zero-order valence-electron chi connectivity index (χ0n) is 19.7. The van der Waals surface area contributed by atoms with Gasteiger partial charge in [0, 0.05) is 34.2 Å². The average molecular weight is 540 g/mol. The summed E-state index contributed by atoms with van der Waals surface area (Å²) in [4.78, 5) is 17.2. The SMILES string of the molecule is Cc1c(Oc2nnc(C(F)(F)F)c(C)c2C(=O)Nc2cccc(S(C)(=N)=O)c2)ncc(C2(O)CC2)c1F. The quantitative estimate of drug-likeness (QED) is 0.386. The molecule has 3 N–H and O–H groups in total. The van der Waals surface area contributed by atoms with Gasteiger partial charge in [-0.3, -0.25) is 4.79 Å². The molecule has 0 saturated heterocycles. The molecule has 0 spiro atoms. The highest BCUT2D eigenvalue weighted by molar-refractivity contribution is 7.91. The lowest BCUT2D eigenvalue weighted by Crippen LogP contribution is -2.21. The fourth-order valence-corrected chi connectivity index (χ4v) is 4.29. The summed E-state index contributed by atoms with van der Waals surface area (Å²) in [5, 5.41) is 19.2. The molecular weight excluding hydrogens is 518 g/mol. The van der Waals surface area contributed by atoms with E-state index in [2.05, 4.69) is 20.5 Å². The molecule has 9 nitrogen and oxygen atoms in total. The highest BCUT2D eigenvalue weighted by atomic mass is 32.2. The van der Waals surface area contributed by atoms with Crippen LogP contribution in [0.4, 0.5) is 23.2 Å². The second kappa shape index (κ2) is 9.03. The van der Waals surface area contributed by atoms with Crippen LogP contribution in [0.3, 0.4) is 0 Å². The maximum absolute atomic E-state index is 14.9. The molecule has 2 aromatic heterocycles. The Hall–Kier alpha value is -3.65. The third-order valence-electron chi connectivity index (χ3n) is 5.84. The zero-order valence-corrected chi connectivity index (χ0v) is 20.6. The fraction of sp³-hybridized carbons (Fsp3) is 0.304. The molecule has 196 valence electrons. The van der Waals surface area contributed by atoms with Gasteiger partial charge in [-0.15, -0.1) is 10.2 Å². The van der Waals surface area contributed by atoms with E-state index in [1.54, 1.807) is 0 Å². The molecule has 4 rings (SSSR count). The molecule has 14 heteroatoms. The van der Waals surface area contributed by atoms with Crippen LogP contribution in [0.15, 0.2) is 35.4 Å². The van der Waals surface area contributed by atoms with Crippen molar-refractivity contribution in [1.82, 2.24) is 15.2 Å². The molecule has 1 amide bonds. The van der Waals surface area contributed by atoms with Crippen molar-refractivity contribution in [3.05, 3.63) is 64.2 Å². The van der Waals surface area contributed by atoms with E-state index in [4.69, 9.17) is 9.52 Å². The van der Waals surface area contributed by atoms with Gasteiger partial charge in [-0.2, -0.15) is 13.2 Å². The Balaban J connectivity index is 1.76. The van der Waals surface area contributed by atoms with E-state index in [-0.39, 0.29) is 27.6 Å². The minimum absolute atomic E-state index is 0.0354. The minimum atomic E-state index is -4.94. The van der Waals surface area contributed by atoms with Gasteiger partial charge in [0.1, 0.15) is 11.4 Å². The number of alkyl halides is 3. The number of nitrogens with one attached hydrogen (secondary N) is 2. The van der Waals surface area contributed by atoms with Gasteiger partial charge in [0.15, 0.2) is 5.69 Å². The van der Waals surface area contributed by atoms with Gasteiger partial charge in [-0.05, 0) is 50.5 Å². The number of hydrogen-bond donors (Lipinski definition) is 3. The number of ether oxygens (including phenoxy) is 1. The van der Waals surface area contributed by atoms with Crippen LogP contribution < -0.4 is 10.1 Å². The Morgan fingerprint density at radius 3 is 2.46 bits per heavy atom. The van der Waals surface area contributed by atoms with Gasteiger partial charge in [0.05, 0.1) is 15.3 Å². The number of carbonyl (C=O) groups is 1. The second-order valence-corrected chi connectivity index (χ2v) is 10.9. The smallest absolute Gasteiger partial charge is 0.418 e. The van der Waals surface area contributed by atoms with E-state index in [0.29, 0.717) is 12.8 Å². The molecule has 37 heavy (non-hydrogen) atoms. The van der Waals surface area contributed by atoms with E-state index >= 15 is 0 Å². The lowest BCUT2D eigenvalue weighted by atomic mass is 10.1. The second-order valence-electron chi connectivity index (χ2n) is 8.73. The molecule has 1 unspecified atom stereocenters. The third kappa shape index (κ3) is 5.25. The van der Waals surface area contributed by atoms with E-state index < -0.39 is 55.9 Å². The normalized spacial score (nSPS) is 16.1. The van der Waals surface area contributed by atoms with Gasteiger partial charge >= 0.3 is 6.18 Å². The molecule has 1 saturated carbocycles. The Labute approximate surface area is 208 Å². The Morgan fingerprint density at radius 2 is 1.86 bits per heavy atom. The number of amides is 1. The molecule has 1 aliphatic carbocycles. The number of benzene rings is 1. The first-order chi connectivity index (χ1) is 17.1. The van der Waals surface area contributed by atoms with E-state index in [1.807, 2.05) is 0 Å². The maximum Gasteiger partial charge on any atom is 0.435 e. The molecule has 3 aromatic rings. The van der Waals surface area contributed by atoms with Crippen molar-refractivity contribution in [3.63, 3.8) is 0 Å². The Morgan fingerprint density at radius 1 is 1.19 bits per heavy atom. The van der Waals surface area contributed by atoms with E-state index in [1.165, 1.54) is 37.4 Å². The fourth-order valence-electron chi connectivity index (χ4n) is 3.60. The lowest BCUT2D eigenvalue weighted by molar-refractivity contribution is -0.142. The summed E-state index contributed by atoms with van der Waals surface area (Å²) in [6, 6.07) is 5.48. The van der Waals surface area contributed by atoms with Crippen molar-refractivity contribution in [2.75, 3.05) is 11.6 Å². The number of aliphatic hydroxyl groups is 1. The lowest BCUT2D eigenvalue weighted by Gasteiger charge is -2.17.